The fourth-order valence-corrected chi connectivity index (χ4v) is 0.828. The molecule has 0 saturated heterocycles. The number of likely N-dealkylation sites (N-methyl/N-ethyl adjacent to an activating group) is 1. The summed E-state index contributed by atoms with van der Waals surface area (Å²) in [5.74, 6) is 0.0127. The molecule has 1 atom stereocenters. The molecule has 0 radical (unpaired) electrons. The second-order valence-electron chi connectivity index (χ2n) is 2.53. The number of aliphatic hydroxyl groups is 1. The van der Waals surface area contributed by atoms with E-state index >= 15 is 0 Å². The highest BCUT2D eigenvalue weighted by Crippen LogP contribution is 1.98. The topological polar surface area (TPSA) is 90.0 Å². The first-order chi connectivity index (χ1) is 6.24. The third kappa shape index (κ3) is 2.85. The van der Waals surface area contributed by atoms with Gasteiger partial charge in [-0.1, -0.05) is 0 Å². The number of carbonyl (C=O) groups excluding carboxylic acids is 1. The maximum atomic E-state index is 11.2. The molecule has 0 spiro atoms. The van der Waals surface area contributed by atoms with Gasteiger partial charge in [0.1, 0.15) is 11.9 Å². The Morgan fingerprint density at radius 1 is 1.85 bits per heavy atom. The van der Waals surface area contributed by atoms with Gasteiger partial charge in [-0.15, -0.1) is 0 Å². The fourth-order valence-electron chi connectivity index (χ4n) is 0.828. The largest absolute Gasteiger partial charge is 0.382 e. The van der Waals surface area contributed by atoms with Crippen molar-refractivity contribution < 1.29 is 9.90 Å². The smallest absolute Gasteiger partial charge is 0.255 e. The predicted molar refractivity (Wildman–Crippen MR) is 47.2 cm³/mol. The Balaban J connectivity index is 2.41. The van der Waals surface area contributed by atoms with Crippen LogP contribution in [0.25, 0.3) is 0 Å². The Morgan fingerprint density at radius 3 is 3.15 bits per heavy atom. The molecule has 1 amide bonds. The van der Waals surface area contributed by atoms with Crippen molar-refractivity contribution in [2.24, 2.45) is 0 Å². The molecule has 0 aliphatic carbocycles. The number of nitrogens with zero attached hydrogens (tertiary/aromatic N) is 1. The third-order valence-electron chi connectivity index (χ3n) is 1.46. The first-order valence-electron chi connectivity index (χ1n) is 3.87. The summed E-state index contributed by atoms with van der Waals surface area (Å²) in [6.07, 6.45) is 0.466. The van der Waals surface area contributed by atoms with E-state index in [1.165, 1.54) is 6.20 Å². The second-order valence-corrected chi connectivity index (χ2v) is 2.53. The van der Waals surface area contributed by atoms with E-state index < -0.39 is 12.0 Å². The van der Waals surface area contributed by atoms with Crippen molar-refractivity contribution in [1.82, 2.24) is 15.5 Å². The summed E-state index contributed by atoms with van der Waals surface area (Å²) in [6.45, 7) is 0.222. The van der Waals surface area contributed by atoms with Crippen LogP contribution < -0.4 is 10.6 Å². The molecule has 6 nitrogen and oxygen atoms in total. The Bertz CT molecular complexity index is 259. The first-order valence-corrected chi connectivity index (χ1v) is 3.87. The monoisotopic (exact) mass is 184 g/mol. The fraction of sp³-hybridized carbons (Fsp3) is 0.429. The van der Waals surface area contributed by atoms with Crippen molar-refractivity contribution in [3.05, 3.63) is 12.3 Å². The highest BCUT2D eigenvalue weighted by atomic mass is 16.3. The summed E-state index contributed by atoms with van der Waals surface area (Å²) < 4.78 is 0. The van der Waals surface area contributed by atoms with E-state index in [9.17, 15) is 9.90 Å². The van der Waals surface area contributed by atoms with E-state index in [-0.39, 0.29) is 6.54 Å². The van der Waals surface area contributed by atoms with E-state index in [1.807, 2.05) is 0 Å². The molecule has 0 aliphatic heterocycles. The van der Waals surface area contributed by atoms with Crippen LogP contribution in [0.5, 0.6) is 0 Å². The van der Waals surface area contributed by atoms with Gasteiger partial charge < -0.3 is 15.7 Å². The molecular weight excluding hydrogens is 172 g/mol. The van der Waals surface area contributed by atoms with Gasteiger partial charge in [0.15, 0.2) is 0 Å². The zero-order valence-electron chi connectivity index (χ0n) is 7.24. The quantitative estimate of drug-likeness (QED) is 0.479. The lowest BCUT2D eigenvalue weighted by Gasteiger charge is -2.08. The highest BCUT2D eigenvalue weighted by Gasteiger charge is 2.13. The van der Waals surface area contributed by atoms with Crippen molar-refractivity contribution in [2.75, 3.05) is 18.9 Å². The van der Waals surface area contributed by atoms with Crippen molar-refractivity contribution >= 4 is 11.7 Å². The van der Waals surface area contributed by atoms with Gasteiger partial charge in [0.2, 0.25) is 0 Å². The van der Waals surface area contributed by atoms with Gasteiger partial charge in [-0.2, -0.15) is 5.10 Å². The Labute approximate surface area is 75.3 Å². The van der Waals surface area contributed by atoms with Crippen LogP contribution in [0.1, 0.15) is 0 Å². The van der Waals surface area contributed by atoms with Gasteiger partial charge >= 0.3 is 0 Å². The number of rotatable bonds is 4. The van der Waals surface area contributed by atoms with Crippen LogP contribution in [0.3, 0.4) is 0 Å². The number of anilines is 1. The van der Waals surface area contributed by atoms with Crippen LogP contribution in [-0.4, -0.2) is 40.9 Å². The molecule has 6 heteroatoms. The number of aliphatic hydroxyl groups excluding tert-OH is 1. The molecule has 0 aliphatic rings. The van der Waals surface area contributed by atoms with Crippen molar-refractivity contribution in [3.8, 4) is 0 Å². The third-order valence-corrected chi connectivity index (χ3v) is 1.46. The lowest BCUT2D eigenvalue weighted by molar-refractivity contribution is -0.123. The minimum atomic E-state index is -1.05. The number of amides is 1. The van der Waals surface area contributed by atoms with E-state index in [2.05, 4.69) is 20.8 Å². The SMILES string of the molecule is CNCC(O)C(=O)Nc1ccn[nH]1. The molecular formula is C7H12N4O2. The predicted octanol–water partition coefficient (Wildman–Crippen LogP) is -1.07. The molecule has 13 heavy (non-hydrogen) atoms. The summed E-state index contributed by atoms with van der Waals surface area (Å²) in [7, 11) is 1.66. The molecule has 0 saturated carbocycles. The maximum Gasteiger partial charge on any atom is 0.255 e. The number of aromatic nitrogens is 2. The molecule has 1 unspecified atom stereocenters. The number of carbonyl (C=O) groups is 1. The van der Waals surface area contributed by atoms with Crippen LogP contribution in [0.4, 0.5) is 5.82 Å². The summed E-state index contributed by atoms with van der Waals surface area (Å²) in [5, 5.41) is 20.6. The van der Waals surface area contributed by atoms with Crippen molar-refractivity contribution in [2.45, 2.75) is 6.10 Å². The average Bonchev–Trinajstić information content (AvgIpc) is 2.57. The average molecular weight is 184 g/mol. The molecule has 1 aromatic heterocycles. The first kappa shape index (κ1) is 9.69. The molecule has 1 heterocycles. The normalized spacial score (nSPS) is 12.5. The number of nitrogens with one attached hydrogen (secondary N) is 3. The second kappa shape index (κ2) is 4.58. The number of hydrogen-bond acceptors (Lipinski definition) is 4. The molecule has 4 N–H and O–H groups in total. The van der Waals surface area contributed by atoms with Gasteiger partial charge in [0, 0.05) is 12.6 Å². The zero-order valence-corrected chi connectivity index (χ0v) is 7.24. The van der Waals surface area contributed by atoms with E-state index in [4.69, 9.17) is 0 Å². The molecule has 72 valence electrons. The highest BCUT2D eigenvalue weighted by molar-refractivity contribution is 5.93. The van der Waals surface area contributed by atoms with Gasteiger partial charge in [0.05, 0.1) is 6.20 Å². The van der Waals surface area contributed by atoms with Gasteiger partial charge in [-0.3, -0.25) is 9.89 Å². The van der Waals surface area contributed by atoms with Crippen molar-refractivity contribution in [3.63, 3.8) is 0 Å². The minimum absolute atomic E-state index is 0.222. The molecule has 1 rings (SSSR count). The van der Waals surface area contributed by atoms with Crippen LogP contribution in [-0.2, 0) is 4.79 Å². The van der Waals surface area contributed by atoms with Gasteiger partial charge in [-0.05, 0) is 7.05 Å². The minimum Gasteiger partial charge on any atom is -0.382 e. The zero-order chi connectivity index (χ0) is 9.68. The van der Waals surface area contributed by atoms with Crippen molar-refractivity contribution in [1.29, 1.82) is 0 Å². The van der Waals surface area contributed by atoms with Crippen LogP contribution >= 0.6 is 0 Å². The lowest BCUT2D eigenvalue weighted by Crippen LogP contribution is -2.35. The number of hydrogen-bond donors (Lipinski definition) is 4. The molecule has 0 bridgehead atoms. The Morgan fingerprint density at radius 2 is 2.62 bits per heavy atom. The molecule has 1 aromatic rings. The number of H-pyrrole nitrogens is 1. The Kier molecular flexibility index (Phi) is 3.41. The summed E-state index contributed by atoms with van der Waals surface area (Å²) >= 11 is 0. The Hall–Kier alpha value is -1.40. The van der Waals surface area contributed by atoms with Crippen LogP contribution in [0.15, 0.2) is 12.3 Å². The van der Waals surface area contributed by atoms with E-state index in [0.29, 0.717) is 5.82 Å². The van der Waals surface area contributed by atoms with Crippen LogP contribution in [0.2, 0.25) is 0 Å². The standard InChI is InChI=1S/C7H12N4O2/c1-8-4-5(12)7(13)10-6-2-3-9-11-6/h2-3,5,8,12H,4H2,1H3,(H2,9,10,11,13). The molecule has 0 aromatic carbocycles. The van der Waals surface area contributed by atoms with E-state index in [1.54, 1.807) is 13.1 Å². The summed E-state index contributed by atoms with van der Waals surface area (Å²) in [6, 6.07) is 1.60. The van der Waals surface area contributed by atoms with E-state index in [0.717, 1.165) is 0 Å². The van der Waals surface area contributed by atoms with Gasteiger partial charge in [-0.25, -0.2) is 0 Å². The molecule has 0 fully saturated rings. The maximum absolute atomic E-state index is 11.2. The van der Waals surface area contributed by atoms with Crippen LogP contribution in [0, 0.1) is 0 Å². The van der Waals surface area contributed by atoms with Gasteiger partial charge in [0.25, 0.3) is 5.91 Å². The number of aromatic amines is 1. The summed E-state index contributed by atoms with van der Waals surface area (Å²) in [5.41, 5.74) is 0. The summed E-state index contributed by atoms with van der Waals surface area (Å²) in [4.78, 5) is 11.2. The lowest BCUT2D eigenvalue weighted by atomic mass is 10.3.